The average molecular weight is 438 g/mol. The van der Waals surface area contributed by atoms with Crippen molar-refractivity contribution in [2.75, 3.05) is 20.2 Å². The minimum absolute atomic E-state index is 0.107. The molecule has 0 aliphatic carbocycles. The van der Waals surface area contributed by atoms with Crippen molar-refractivity contribution in [3.63, 3.8) is 0 Å². The molecule has 2 aliphatic heterocycles. The summed E-state index contributed by atoms with van der Waals surface area (Å²) < 4.78 is 5.21. The highest BCUT2D eigenvalue weighted by Crippen LogP contribution is 2.35. The number of amides is 3. The van der Waals surface area contributed by atoms with E-state index in [0.717, 1.165) is 50.9 Å². The largest absolute Gasteiger partial charge is 0.504 e. The summed E-state index contributed by atoms with van der Waals surface area (Å²) in [5.74, 6) is 0.531. The molecule has 2 fully saturated rings. The van der Waals surface area contributed by atoms with E-state index in [9.17, 15) is 14.7 Å². The molecule has 3 amide bonds. The molecule has 1 atom stereocenters. The second-order valence-electron chi connectivity index (χ2n) is 8.78. The lowest BCUT2D eigenvalue weighted by Crippen LogP contribution is -2.56. The molecule has 3 N–H and O–H groups in total. The van der Waals surface area contributed by atoms with Crippen LogP contribution < -0.4 is 15.4 Å². The molecule has 2 aliphatic rings. The van der Waals surface area contributed by atoms with Gasteiger partial charge < -0.3 is 15.2 Å². The fourth-order valence-electron chi connectivity index (χ4n) is 5.05. The van der Waals surface area contributed by atoms with Crippen molar-refractivity contribution in [3.8, 4) is 11.5 Å². The van der Waals surface area contributed by atoms with E-state index in [0.29, 0.717) is 12.2 Å². The number of rotatable bonds is 8. The fraction of sp³-hybridized carbons (Fsp3) is 0.440. The Morgan fingerprint density at radius 1 is 1.09 bits per heavy atom. The Morgan fingerprint density at radius 3 is 2.50 bits per heavy atom. The number of piperidine rings is 1. The number of carbonyl (C=O) groups excluding carboxylic acids is 2. The molecule has 7 nitrogen and oxygen atoms in total. The molecule has 2 aromatic carbocycles. The predicted octanol–water partition coefficient (Wildman–Crippen LogP) is 3.21. The van der Waals surface area contributed by atoms with Gasteiger partial charge in [0, 0.05) is 6.54 Å². The fourth-order valence-corrected chi connectivity index (χ4v) is 5.05. The van der Waals surface area contributed by atoms with Gasteiger partial charge in [-0.15, -0.1) is 0 Å². The van der Waals surface area contributed by atoms with E-state index in [1.54, 1.807) is 13.2 Å². The molecule has 170 valence electrons. The number of carbonyl (C=O) groups is 2. The first-order valence-corrected chi connectivity index (χ1v) is 11.3. The maximum Gasteiger partial charge on any atom is 0.322 e. The van der Waals surface area contributed by atoms with E-state index in [4.69, 9.17) is 4.74 Å². The van der Waals surface area contributed by atoms with Crippen LogP contribution in [0.4, 0.5) is 4.79 Å². The summed E-state index contributed by atoms with van der Waals surface area (Å²) in [7, 11) is 1.54. The van der Waals surface area contributed by atoms with Crippen LogP contribution in [0.2, 0.25) is 0 Å². The summed E-state index contributed by atoms with van der Waals surface area (Å²) in [4.78, 5) is 27.3. The molecule has 4 rings (SSSR count). The Morgan fingerprint density at radius 2 is 1.84 bits per heavy atom. The number of nitrogens with one attached hydrogen (secondary N) is 2. The zero-order chi connectivity index (χ0) is 22.6. The van der Waals surface area contributed by atoms with Crippen LogP contribution in [0.25, 0.3) is 0 Å². The third kappa shape index (κ3) is 4.72. The van der Waals surface area contributed by atoms with Gasteiger partial charge in [-0.3, -0.25) is 15.0 Å². The van der Waals surface area contributed by atoms with E-state index in [1.807, 2.05) is 30.3 Å². The number of benzene rings is 2. The van der Waals surface area contributed by atoms with Gasteiger partial charge >= 0.3 is 6.03 Å². The van der Waals surface area contributed by atoms with E-state index in [-0.39, 0.29) is 23.6 Å². The molecule has 0 radical (unpaired) electrons. The van der Waals surface area contributed by atoms with Crippen LogP contribution in [0, 0.1) is 5.92 Å². The number of ether oxygens (including phenoxy) is 1. The van der Waals surface area contributed by atoms with Gasteiger partial charge in [-0.05, 0) is 74.4 Å². The first kappa shape index (κ1) is 22.1. The molecular formula is C25H31N3O4. The van der Waals surface area contributed by atoms with Crippen LogP contribution in [0.15, 0.2) is 48.5 Å². The lowest BCUT2D eigenvalue weighted by atomic mass is 9.74. The maximum atomic E-state index is 12.9. The van der Waals surface area contributed by atoms with Crippen LogP contribution in [0.3, 0.4) is 0 Å². The summed E-state index contributed by atoms with van der Waals surface area (Å²) in [5, 5.41) is 15.3. The Bertz CT molecular complexity index is 957. The van der Waals surface area contributed by atoms with E-state index < -0.39 is 5.54 Å². The van der Waals surface area contributed by atoms with Crippen molar-refractivity contribution < 1.29 is 19.4 Å². The second kappa shape index (κ2) is 9.61. The molecular weight excluding hydrogens is 406 g/mol. The van der Waals surface area contributed by atoms with E-state index >= 15 is 0 Å². The Labute approximate surface area is 188 Å². The summed E-state index contributed by atoms with van der Waals surface area (Å²) in [6.45, 7) is 2.44. The normalized spacial score (nSPS) is 21.9. The molecule has 0 spiro atoms. The molecule has 2 saturated heterocycles. The van der Waals surface area contributed by atoms with Gasteiger partial charge in [0.15, 0.2) is 11.5 Å². The van der Waals surface area contributed by atoms with Crippen LogP contribution in [-0.4, -0.2) is 47.7 Å². The average Bonchev–Trinajstić information content (AvgIpc) is 3.10. The summed E-state index contributed by atoms with van der Waals surface area (Å²) in [5.41, 5.74) is 1.49. The molecule has 2 heterocycles. The van der Waals surface area contributed by atoms with Crippen molar-refractivity contribution >= 4 is 11.9 Å². The monoisotopic (exact) mass is 437 g/mol. The van der Waals surface area contributed by atoms with Crippen molar-refractivity contribution in [2.45, 2.75) is 44.2 Å². The number of imide groups is 1. The number of phenols is 1. The van der Waals surface area contributed by atoms with Gasteiger partial charge in [-0.25, -0.2) is 4.79 Å². The lowest BCUT2D eigenvalue weighted by Gasteiger charge is -2.40. The minimum Gasteiger partial charge on any atom is -0.504 e. The smallest absolute Gasteiger partial charge is 0.322 e. The quantitative estimate of drug-likeness (QED) is 0.552. The maximum absolute atomic E-state index is 12.9. The molecule has 7 heteroatoms. The Balaban J connectivity index is 1.38. The van der Waals surface area contributed by atoms with Crippen molar-refractivity contribution in [1.29, 1.82) is 0 Å². The molecule has 0 saturated carbocycles. The SMILES string of the molecule is COc1cc(CN2CCC([C@]3(CCCc4ccccc4)NC(=O)NC3=O)CC2)ccc1O. The Hall–Kier alpha value is -3.06. The predicted molar refractivity (Wildman–Crippen MR) is 121 cm³/mol. The first-order valence-electron chi connectivity index (χ1n) is 11.3. The number of nitrogens with zero attached hydrogens (tertiary/aromatic N) is 1. The molecule has 0 bridgehead atoms. The van der Waals surface area contributed by atoms with Crippen LogP contribution in [0.1, 0.15) is 36.8 Å². The van der Waals surface area contributed by atoms with Crippen molar-refractivity contribution in [1.82, 2.24) is 15.5 Å². The van der Waals surface area contributed by atoms with Gasteiger partial charge in [-0.1, -0.05) is 36.4 Å². The zero-order valence-corrected chi connectivity index (χ0v) is 18.5. The Kier molecular flexibility index (Phi) is 6.65. The standard InChI is InChI=1S/C25H31N3O4/c1-32-22-16-19(9-10-21(22)29)17-28-14-11-20(12-15-28)25(23(30)26-24(31)27-25)13-5-8-18-6-3-2-4-7-18/h2-4,6-7,9-10,16,20,29H,5,8,11-15,17H2,1H3,(H2,26,27,30,31)/t25-/m0/s1. The third-order valence-electron chi connectivity index (χ3n) is 6.78. The molecule has 2 aromatic rings. The molecule has 0 aromatic heterocycles. The number of aromatic hydroxyl groups is 1. The van der Waals surface area contributed by atoms with E-state index in [2.05, 4.69) is 27.7 Å². The molecule has 32 heavy (non-hydrogen) atoms. The molecule has 0 unspecified atom stereocenters. The number of aryl methyl sites for hydroxylation is 1. The lowest BCUT2D eigenvalue weighted by molar-refractivity contribution is -0.127. The summed E-state index contributed by atoms with van der Waals surface area (Å²) >= 11 is 0. The van der Waals surface area contributed by atoms with Crippen LogP contribution in [-0.2, 0) is 17.8 Å². The van der Waals surface area contributed by atoms with Crippen LogP contribution in [0.5, 0.6) is 11.5 Å². The topological polar surface area (TPSA) is 90.9 Å². The van der Waals surface area contributed by atoms with Crippen molar-refractivity contribution in [3.05, 3.63) is 59.7 Å². The second-order valence-corrected chi connectivity index (χ2v) is 8.78. The summed E-state index contributed by atoms with van der Waals surface area (Å²) in [6, 6.07) is 15.3. The summed E-state index contributed by atoms with van der Waals surface area (Å²) in [6.07, 6.45) is 4.04. The van der Waals surface area contributed by atoms with Gasteiger partial charge in [0.2, 0.25) is 0 Å². The number of hydrogen-bond acceptors (Lipinski definition) is 5. The van der Waals surface area contributed by atoms with Crippen LogP contribution >= 0.6 is 0 Å². The van der Waals surface area contributed by atoms with Gasteiger partial charge in [-0.2, -0.15) is 0 Å². The number of methoxy groups -OCH3 is 1. The highest BCUT2D eigenvalue weighted by Gasteiger charge is 2.51. The van der Waals surface area contributed by atoms with Gasteiger partial charge in [0.05, 0.1) is 7.11 Å². The zero-order valence-electron chi connectivity index (χ0n) is 18.5. The number of urea groups is 1. The minimum atomic E-state index is -0.820. The third-order valence-corrected chi connectivity index (χ3v) is 6.78. The number of hydrogen-bond donors (Lipinski definition) is 3. The van der Waals surface area contributed by atoms with Crippen molar-refractivity contribution in [2.24, 2.45) is 5.92 Å². The number of phenolic OH excluding ortho intramolecular Hbond substituents is 1. The first-order chi connectivity index (χ1) is 15.5. The van der Waals surface area contributed by atoms with E-state index in [1.165, 1.54) is 5.56 Å². The highest BCUT2D eigenvalue weighted by atomic mass is 16.5. The highest BCUT2D eigenvalue weighted by molar-refractivity contribution is 6.07. The van der Waals surface area contributed by atoms with Gasteiger partial charge in [0.25, 0.3) is 5.91 Å². The van der Waals surface area contributed by atoms with Gasteiger partial charge in [0.1, 0.15) is 5.54 Å². The number of likely N-dealkylation sites (tertiary alicyclic amines) is 1.